The van der Waals surface area contributed by atoms with Crippen molar-refractivity contribution in [3.8, 4) is 11.5 Å². The topological polar surface area (TPSA) is 78.9 Å². The lowest BCUT2D eigenvalue weighted by atomic mass is 9.91. The third-order valence-corrected chi connectivity index (χ3v) is 3.23. The minimum absolute atomic E-state index is 0.0897. The van der Waals surface area contributed by atoms with Crippen LogP contribution in [0.2, 0.25) is 0 Å². The van der Waals surface area contributed by atoms with E-state index in [1.165, 1.54) is 7.11 Å². The van der Waals surface area contributed by atoms with Gasteiger partial charge in [-0.05, 0) is 25.5 Å². The molecular weight excluding hydrogens is 276 g/mol. The maximum atomic E-state index is 12.5. The first-order chi connectivity index (χ1) is 10.1. The maximum absolute atomic E-state index is 12.5. The molecule has 2 rings (SSSR count). The van der Waals surface area contributed by atoms with Gasteiger partial charge in [-0.15, -0.1) is 0 Å². The normalized spacial score (nSPS) is 17.2. The fourth-order valence-electron chi connectivity index (χ4n) is 2.21. The number of methoxy groups -OCH3 is 1. The highest BCUT2D eigenvalue weighted by Gasteiger charge is 2.37. The second kappa shape index (κ2) is 6.39. The second-order valence-electron chi connectivity index (χ2n) is 4.48. The molecule has 0 aliphatic carbocycles. The fourth-order valence-corrected chi connectivity index (χ4v) is 2.21. The molecule has 1 aliphatic rings. The van der Waals surface area contributed by atoms with Crippen molar-refractivity contribution in [3.05, 3.63) is 23.8 Å². The van der Waals surface area contributed by atoms with E-state index in [-0.39, 0.29) is 25.2 Å². The van der Waals surface area contributed by atoms with Crippen molar-refractivity contribution in [2.45, 2.75) is 13.3 Å². The Labute approximate surface area is 122 Å². The van der Waals surface area contributed by atoms with Crippen LogP contribution in [0.4, 0.5) is 0 Å². The largest absolute Gasteiger partial charge is 0.493 e. The van der Waals surface area contributed by atoms with Gasteiger partial charge in [-0.2, -0.15) is 0 Å². The van der Waals surface area contributed by atoms with E-state index in [0.717, 1.165) is 0 Å². The zero-order valence-electron chi connectivity index (χ0n) is 11.9. The SMILES string of the molecule is CCOC(=O)C(=O)C1CCOc2c(OC)cccc2C1=O. The van der Waals surface area contributed by atoms with Gasteiger partial charge in [0.1, 0.15) is 0 Å². The molecule has 0 fully saturated rings. The summed E-state index contributed by atoms with van der Waals surface area (Å²) in [5.74, 6) is -2.60. The maximum Gasteiger partial charge on any atom is 0.375 e. The third kappa shape index (κ3) is 2.89. The summed E-state index contributed by atoms with van der Waals surface area (Å²) in [5.41, 5.74) is 0.245. The first kappa shape index (κ1) is 15.0. The lowest BCUT2D eigenvalue weighted by Crippen LogP contribution is -2.31. The van der Waals surface area contributed by atoms with Crippen molar-refractivity contribution >= 4 is 17.5 Å². The van der Waals surface area contributed by atoms with E-state index in [1.54, 1.807) is 25.1 Å². The number of ketones is 2. The molecule has 112 valence electrons. The van der Waals surface area contributed by atoms with Gasteiger partial charge >= 0.3 is 5.97 Å². The number of benzene rings is 1. The van der Waals surface area contributed by atoms with Crippen molar-refractivity contribution in [1.29, 1.82) is 0 Å². The third-order valence-electron chi connectivity index (χ3n) is 3.23. The van der Waals surface area contributed by atoms with Gasteiger partial charge in [0.05, 0.1) is 31.8 Å². The zero-order chi connectivity index (χ0) is 15.4. The van der Waals surface area contributed by atoms with Crippen LogP contribution in [-0.2, 0) is 14.3 Å². The molecule has 1 aromatic rings. The van der Waals surface area contributed by atoms with Gasteiger partial charge in [0, 0.05) is 0 Å². The highest BCUT2D eigenvalue weighted by atomic mass is 16.5. The van der Waals surface area contributed by atoms with Crippen molar-refractivity contribution in [2.75, 3.05) is 20.3 Å². The standard InChI is InChI=1S/C15H16O6/c1-3-20-15(18)13(17)9-7-8-21-14-10(12(9)16)5-4-6-11(14)19-2/h4-6,9H,3,7-8H2,1-2H3. The molecule has 0 spiro atoms. The Morgan fingerprint density at radius 3 is 2.81 bits per heavy atom. The summed E-state index contributed by atoms with van der Waals surface area (Å²) in [6, 6.07) is 4.85. The van der Waals surface area contributed by atoms with Crippen LogP contribution in [0.5, 0.6) is 11.5 Å². The van der Waals surface area contributed by atoms with E-state index in [2.05, 4.69) is 4.74 Å². The van der Waals surface area contributed by atoms with Crippen molar-refractivity contribution < 1.29 is 28.6 Å². The van der Waals surface area contributed by atoms with Gasteiger partial charge in [-0.1, -0.05) is 6.07 Å². The van der Waals surface area contributed by atoms with Crippen LogP contribution in [-0.4, -0.2) is 37.9 Å². The van der Waals surface area contributed by atoms with Crippen LogP contribution < -0.4 is 9.47 Å². The minimum Gasteiger partial charge on any atom is -0.493 e. The molecule has 1 atom stereocenters. The number of rotatable bonds is 4. The van der Waals surface area contributed by atoms with Crippen LogP contribution in [0.15, 0.2) is 18.2 Å². The van der Waals surface area contributed by atoms with E-state index < -0.39 is 23.5 Å². The molecule has 0 radical (unpaired) electrons. The predicted octanol–water partition coefficient (Wildman–Crippen LogP) is 1.41. The van der Waals surface area contributed by atoms with E-state index >= 15 is 0 Å². The number of hydrogen-bond acceptors (Lipinski definition) is 6. The summed E-state index contributed by atoms with van der Waals surface area (Å²) in [5, 5.41) is 0. The molecule has 1 aromatic carbocycles. The first-order valence-electron chi connectivity index (χ1n) is 6.65. The Hall–Kier alpha value is -2.37. The molecule has 0 amide bonds. The Kier molecular flexibility index (Phi) is 4.57. The molecule has 0 N–H and O–H groups in total. The summed E-state index contributed by atoms with van der Waals surface area (Å²) in [6.45, 7) is 1.84. The minimum atomic E-state index is -1.07. The number of Topliss-reactive ketones (excluding diaryl/α,β-unsaturated/α-hetero) is 2. The Morgan fingerprint density at radius 1 is 1.38 bits per heavy atom. The number of esters is 1. The summed E-state index contributed by atoms with van der Waals surface area (Å²) in [7, 11) is 1.47. The Morgan fingerprint density at radius 2 is 2.14 bits per heavy atom. The highest BCUT2D eigenvalue weighted by Crippen LogP contribution is 2.35. The molecule has 0 saturated carbocycles. The summed E-state index contributed by atoms with van der Waals surface area (Å²) in [4.78, 5) is 36.1. The first-order valence-corrected chi connectivity index (χ1v) is 6.65. The summed E-state index contributed by atoms with van der Waals surface area (Å²) < 4.78 is 15.3. The predicted molar refractivity (Wildman–Crippen MR) is 72.6 cm³/mol. The average Bonchev–Trinajstić information content (AvgIpc) is 2.66. The molecule has 1 heterocycles. The van der Waals surface area contributed by atoms with E-state index in [0.29, 0.717) is 11.5 Å². The average molecular weight is 292 g/mol. The number of carbonyl (C=O) groups excluding carboxylic acids is 3. The van der Waals surface area contributed by atoms with Crippen molar-refractivity contribution in [3.63, 3.8) is 0 Å². The molecule has 6 heteroatoms. The molecule has 6 nitrogen and oxygen atoms in total. The molecule has 1 aliphatic heterocycles. The van der Waals surface area contributed by atoms with Gasteiger partial charge in [-0.25, -0.2) is 4.79 Å². The molecular formula is C15H16O6. The number of ether oxygens (including phenoxy) is 3. The highest BCUT2D eigenvalue weighted by molar-refractivity contribution is 6.39. The number of hydrogen-bond donors (Lipinski definition) is 0. The molecule has 21 heavy (non-hydrogen) atoms. The van der Waals surface area contributed by atoms with Gasteiger partial charge < -0.3 is 14.2 Å². The van der Waals surface area contributed by atoms with Gasteiger partial charge in [0.25, 0.3) is 5.78 Å². The van der Waals surface area contributed by atoms with Gasteiger partial charge in [0.15, 0.2) is 17.3 Å². The second-order valence-corrected chi connectivity index (χ2v) is 4.48. The summed E-state index contributed by atoms with van der Waals surface area (Å²) >= 11 is 0. The van der Waals surface area contributed by atoms with E-state index in [4.69, 9.17) is 9.47 Å². The van der Waals surface area contributed by atoms with Crippen LogP contribution in [0.3, 0.4) is 0 Å². The van der Waals surface area contributed by atoms with E-state index in [1.807, 2.05) is 0 Å². The van der Waals surface area contributed by atoms with E-state index in [9.17, 15) is 14.4 Å². The Balaban J connectivity index is 2.34. The van der Waals surface area contributed by atoms with Gasteiger partial charge in [0.2, 0.25) is 0 Å². The zero-order valence-corrected chi connectivity index (χ0v) is 11.9. The smallest absolute Gasteiger partial charge is 0.375 e. The lowest BCUT2D eigenvalue weighted by Gasteiger charge is -2.11. The lowest BCUT2D eigenvalue weighted by molar-refractivity contribution is -0.154. The number of fused-ring (bicyclic) bond motifs is 1. The van der Waals surface area contributed by atoms with Crippen LogP contribution >= 0.6 is 0 Å². The molecule has 0 saturated heterocycles. The van der Waals surface area contributed by atoms with Crippen molar-refractivity contribution in [1.82, 2.24) is 0 Å². The fraction of sp³-hybridized carbons (Fsp3) is 0.400. The van der Waals surface area contributed by atoms with Crippen LogP contribution in [0.25, 0.3) is 0 Å². The molecule has 0 aromatic heterocycles. The monoisotopic (exact) mass is 292 g/mol. The van der Waals surface area contributed by atoms with Crippen LogP contribution in [0, 0.1) is 5.92 Å². The number of para-hydroxylation sites is 1. The molecule has 0 bridgehead atoms. The van der Waals surface area contributed by atoms with Crippen molar-refractivity contribution in [2.24, 2.45) is 5.92 Å². The summed E-state index contributed by atoms with van der Waals surface area (Å²) in [6.07, 6.45) is 0.133. The molecule has 1 unspecified atom stereocenters. The van der Waals surface area contributed by atoms with Gasteiger partial charge in [-0.3, -0.25) is 9.59 Å². The quantitative estimate of drug-likeness (QED) is 0.474. The Bertz CT molecular complexity index is 578. The van der Waals surface area contributed by atoms with Crippen LogP contribution in [0.1, 0.15) is 23.7 Å². The number of carbonyl (C=O) groups is 3.